The molecule has 1 amide bonds. The van der Waals surface area contributed by atoms with E-state index in [4.69, 9.17) is 0 Å². The van der Waals surface area contributed by atoms with Crippen LogP contribution in [-0.2, 0) is 16.0 Å². The number of nitrogens with zero attached hydrogens (tertiary/aromatic N) is 1. The summed E-state index contributed by atoms with van der Waals surface area (Å²) in [6, 6.07) is 3.73. The molecular formula is C16H22N2O3. The highest BCUT2D eigenvalue weighted by Gasteiger charge is 2.46. The summed E-state index contributed by atoms with van der Waals surface area (Å²) >= 11 is 0. The Hall–Kier alpha value is -1.91. The quantitative estimate of drug-likeness (QED) is 0.871. The van der Waals surface area contributed by atoms with Crippen LogP contribution >= 0.6 is 0 Å². The van der Waals surface area contributed by atoms with Gasteiger partial charge in [-0.25, -0.2) is 4.79 Å². The van der Waals surface area contributed by atoms with Gasteiger partial charge < -0.3 is 10.4 Å². The predicted molar refractivity (Wildman–Crippen MR) is 78.7 cm³/mol. The lowest BCUT2D eigenvalue weighted by molar-refractivity contribution is -0.152. The highest BCUT2D eigenvalue weighted by Crippen LogP contribution is 2.34. The molecule has 2 atom stereocenters. The summed E-state index contributed by atoms with van der Waals surface area (Å²) in [5.41, 5.74) is -0.0608. The van der Waals surface area contributed by atoms with E-state index in [9.17, 15) is 14.7 Å². The molecule has 1 aliphatic carbocycles. The number of hydrogen-bond acceptors (Lipinski definition) is 3. The van der Waals surface area contributed by atoms with Crippen LogP contribution < -0.4 is 5.32 Å². The number of nitrogens with one attached hydrogen (secondary N) is 1. The van der Waals surface area contributed by atoms with Gasteiger partial charge in [0.1, 0.15) is 5.54 Å². The lowest BCUT2D eigenvalue weighted by Gasteiger charge is -2.39. The van der Waals surface area contributed by atoms with E-state index in [1.54, 1.807) is 12.4 Å². The van der Waals surface area contributed by atoms with Gasteiger partial charge in [0.15, 0.2) is 0 Å². The highest BCUT2D eigenvalue weighted by molar-refractivity contribution is 5.87. The van der Waals surface area contributed by atoms with Gasteiger partial charge in [-0.3, -0.25) is 9.78 Å². The second-order valence-electron chi connectivity index (χ2n) is 5.83. The van der Waals surface area contributed by atoms with Crippen LogP contribution in [0.3, 0.4) is 0 Å². The molecule has 0 bridgehead atoms. The van der Waals surface area contributed by atoms with E-state index in [1.165, 1.54) is 0 Å². The van der Waals surface area contributed by atoms with Gasteiger partial charge in [0.2, 0.25) is 5.91 Å². The molecule has 1 aromatic heterocycles. The molecule has 114 valence electrons. The standard InChI is InChI=1S/C16H22N2O3/c1-12-4-2-3-9-16(12,15(20)21)18-14(19)6-5-13-7-10-17-11-8-13/h7-8,10-12H,2-6,9H2,1H3,(H,18,19)(H,20,21). The number of carbonyl (C=O) groups excluding carboxylic acids is 1. The molecule has 21 heavy (non-hydrogen) atoms. The van der Waals surface area contributed by atoms with Crippen molar-refractivity contribution in [2.45, 2.75) is 51.0 Å². The normalized spacial score (nSPS) is 25.3. The van der Waals surface area contributed by atoms with Gasteiger partial charge in [0.25, 0.3) is 0 Å². The molecule has 1 aliphatic rings. The summed E-state index contributed by atoms with van der Waals surface area (Å²) in [6.07, 6.45) is 7.51. The monoisotopic (exact) mass is 290 g/mol. The molecule has 0 aromatic carbocycles. The Balaban J connectivity index is 1.97. The van der Waals surface area contributed by atoms with E-state index >= 15 is 0 Å². The van der Waals surface area contributed by atoms with Crippen molar-refractivity contribution in [3.05, 3.63) is 30.1 Å². The maximum absolute atomic E-state index is 12.1. The fourth-order valence-electron chi connectivity index (χ4n) is 3.02. The van der Waals surface area contributed by atoms with Crippen LogP contribution in [0.5, 0.6) is 0 Å². The minimum Gasteiger partial charge on any atom is -0.479 e. The first-order valence-corrected chi connectivity index (χ1v) is 7.48. The van der Waals surface area contributed by atoms with Crippen molar-refractivity contribution < 1.29 is 14.7 Å². The molecule has 2 N–H and O–H groups in total. The first-order valence-electron chi connectivity index (χ1n) is 7.48. The van der Waals surface area contributed by atoms with Crippen LogP contribution in [0.2, 0.25) is 0 Å². The van der Waals surface area contributed by atoms with Crippen LogP contribution in [0.15, 0.2) is 24.5 Å². The fraction of sp³-hybridized carbons (Fsp3) is 0.562. The Bertz CT molecular complexity index is 504. The lowest BCUT2D eigenvalue weighted by Crippen LogP contribution is -2.60. The number of carboxylic acids is 1. The van der Waals surface area contributed by atoms with Crippen molar-refractivity contribution >= 4 is 11.9 Å². The number of carboxylic acid groups (broad SMARTS) is 1. The molecule has 5 nitrogen and oxygen atoms in total. The summed E-state index contributed by atoms with van der Waals surface area (Å²) in [7, 11) is 0. The number of aromatic nitrogens is 1. The van der Waals surface area contributed by atoms with Crippen LogP contribution in [0.1, 0.15) is 44.6 Å². The maximum Gasteiger partial charge on any atom is 0.329 e. The van der Waals surface area contributed by atoms with Crippen molar-refractivity contribution in [2.24, 2.45) is 5.92 Å². The Labute approximate surface area is 124 Å². The maximum atomic E-state index is 12.1. The van der Waals surface area contributed by atoms with Gasteiger partial charge >= 0.3 is 5.97 Å². The average molecular weight is 290 g/mol. The second kappa shape index (κ2) is 6.70. The van der Waals surface area contributed by atoms with Gasteiger partial charge in [0.05, 0.1) is 0 Å². The van der Waals surface area contributed by atoms with E-state index in [2.05, 4.69) is 10.3 Å². The zero-order valence-electron chi connectivity index (χ0n) is 12.3. The van der Waals surface area contributed by atoms with Crippen molar-refractivity contribution in [1.82, 2.24) is 10.3 Å². The predicted octanol–water partition coefficient (Wildman–Crippen LogP) is 2.16. The SMILES string of the molecule is CC1CCCCC1(NC(=O)CCc1ccncc1)C(=O)O. The summed E-state index contributed by atoms with van der Waals surface area (Å²) in [6.45, 7) is 1.91. The van der Waals surface area contributed by atoms with Crippen LogP contribution in [0.4, 0.5) is 0 Å². The van der Waals surface area contributed by atoms with Gasteiger partial charge in [-0.15, -0.1) is 0 Å². The largest absolute Gasteiger partial charge is 0.479 e. The van der Waals surface area contributed by atoms with E-state index < -0.39 is 11.5 Å². The Morgan fingerprint density at radius 2 is 2.10 bits per heavy atom. The average Bonchev–Trinajstić information content (AvgIpc) is 2.48. The van der Waals surface area contributed by atoms with Gasteiger partial charge in [0, 0.05) is 18.8 Å². The molecule has 1 heterocycles. The molecule has 1 aromatic rings. The second-order valence-corrected chi connectivity index (χ2v) is 5.83. The zero-order chi connectivity index (χ0) is 15.3. The summed E-state index contributed by atoms with van der Waals surface area (Å²) in [4.78, 5) is 27.8. The van der Waals surface area contributed by atoms with Gasteiger partial charge in [-0.05, 0) is 42.9 Å². The minimum atomic E-state index is -1.09. The Morgan fingerprint density at radius 1 is 1.38 bits per heavy atom. The Morgan fingerprint density at radius 3 is 2.71 bits per heavy atom. The lowest BCUT2D eigenvalue weighted by atomic mass is 9.73. The van der Waals surface area contributed by atoms with Crippen molar-refractivity contribution in [3.8, 4) is 0 Å². The molecule has 2 rings (SSSR count). The smallest absolute Gasteiger partial charge is 0.329 e. The van der Waals surface area contributed by atoms with Crippen molar-refractivity contribution in [2.75, 3.05) is 0 Å². The number of pyridine rings is 1. The summed E-state index contributed by atoms with van der Waals surface area (Å²) < 4.78 is 0. The van der Waals surface area contributed by atoms with Crippen LogP contribution in [0, 0.1) is 5.92 Å². The molecule has 0 radical (unpaired) electrons. The molecule has 2 unspecified atom stereocenters. The first-order chi connectivity index (χ1) is 10.0. The zero-order valence-corrected chi connectivity index (χ0v) is 12.3. The fourth-order valence-corrected chi connectivity index (χ4v) is 3.02. The number of aliphatic carboxylic acids is 1. The number of carbonyl (C=O) groups is 2. The third kappa shape index (κ3) is 3.60. The molecule has 0 aliphatic heterocycles. The molecule has 0 saturated heterocycles. The summed E-state index contributed by atoms with van der Waals surface area (Å²) in [5.74, 6) is -1.14. The van der Waals surface area contributed by atoms with Crippen LogP contribution in [0.25, 0.3) is 0 Å². The number of hydrogen-bond donors (Lipinski definition) is 2. The Kier molecular flexibility index (Phi) is 4.94. The third-order valence-corrected chi connectivity index (χ3v) is 4.43. The van der Waals surface area contributed by atoms with E-state index in [0.29, 0.717) is 19.3 Å². The van der Waals surface area contributed by atoms with Gasteiger partial charge in [-0.2, -0.15) is 0 Å². The van der Waals surface area contributed by atoms with Crippen molar-refractivity contribution in [3.63, 3.8) is 0 Å². The highest BCUT2D eigenvalue weighted by atomic mass is 16.4. The topological polar surface area (TPSA) is 79.3 Å². The molecule has 1 saturated carbocycles. The molecule has 1 fully saturated rings. The van der Waals surface area contributed by atoms with Gasteiger partial charge in [-0.1, -0.05) is 19.8 Å². The molecular weight excluding hydrogens is 268 g/mol. The minimum absolute atomic E-state index is 0.0337. The van der Waals surface area contributed by atoms with Crippen molar-refractivity contribution in [1.29, 1.82) is 0 Å². The van der Waals surface area contributed by atoms with E-state index in [-0.39, 0.29) is 11.8 Å². The third-order valence-electron chi connectivity index (χ3n) is 4.43. The summed E-state index contributed by atoms with van der Waals surface area (Å²) in [5, 5.41) is 12.4. The number of rotatable bonds is 5. The van der Waals surface area contributed by atoms with Crippen LogP contribution in [-0.4, -0.2) is 27.5 Å². The molecule has 0 spiro atoms. The number of amides is 1. The van der Waals surface area contributed by atoms with E-state index in [0.717, 1.165) is 24.8 Å². The van der Waals surface area contributed by atoms with E-state index in [1.807, 2.05) is 19.1 Å². The first kappa shape index (κ1) is 15.5. The number of aryl methyl sites for hydroxylation is 1. The molecule has 5 heteroatoms.